The van der Waals surface area contributed by atoms with Gasteiger partial charge in [-0.3, -0.25) is 9.59 Å². The molecule has 0 aliphatic rings. The summed E-state index contributed by atoms with van der Waals surface area (Å²) in [5, 5.41) is 5.68. The van der Waals surface area contributed by atoms with Gasteiger partial charge in [0.1, 0.15) is 0 Å². The minimum Gasteiger partial charge on any atom is -0.456 e. The van der Waals surface area contributed by atoms with Gasteiger partial charge in [-0.25, -0.2) is 4.79 Å². The topological polar surface area (TPSA) is 111 Å². The second-order valence-electron chi connectivity index (χ2n) is 6.01. The molecule has 0 heterocycles. The fraction of sp³-hybridized carbons (Fsp3) is 0.471. The van der Waals surface area contributed by atoms with Crippen molar-refractivity contribution in [2.24, 2.45) is 11.7 Å². The first-order valence-corrected chi connectivity index (χ1v) is 8.39. The lowest BCUT2D eigenvalue weighted by molar-refractivity contribution is -0.149. The Bertz CT molecular complexity index is 590. The Morgan fingerprint density at radius 3 is 2.40 bits per heavy atom. The summed E-state index contributed by atoms with van der Waals surface area (Å²) in [6.07, 6.45) is 0.699. The zero-order chi connectivity index (χ0) is 18.8. The van der Waals surface area contributed by atoms with Gasteiger partial charge in [-0.05, 0) is 30.0 Å². The number of carbonyl (C=O) groups excluding carboxylic acids is 3. The number of amides is 3. The van der Waals surface area contributed by atoms with E-state index in [0.29, 0.717) is 23.0 Å². The number of ether oxygens (including phenoxy) is 1. The fourth-order valence-electron chi connectivity index (χ4n) is 2.04. The highest BCUT2D eigenvalue weighted by atomic mass is 35.5. The highest BCUT2D eigenvalue weighted by Crippen LogP contribution is 2.19. The molecular weight excluding hydrogens is 346 g/mol. The van der Waals surface area contributed by atoms with Crippen molar-refractivity contribution in [3.8, 4) is 0 Å². The molecule has 0 aliphatic carbocycles. The molecule has 8 heteroatoms. The van der Waals surface area contributed by atoms with E-state index in [4.69, 9.17) is 22.1 Å². The predicted molar refractivity (Wildman–Crippen MR) is 95.0 cm³/mol. The molecule has 25 heavy (non-hydrogen) atoms. The summed E-state index contributed by atoms with van der Waals surface area (Å²) >= 11 is 5.83. The van der Waals surface area contributed by atoms with Crippen LogP contribution in [0, 0.1) is 5.92 Å². The third kappa shape index (κ3) is 8.95. The lowest BCUT2D eigenvalue weighted by Crippen LogP contribution is -2.35. The van der Waals surface area contributed by atoms with Gasteiger partial charge in [-0.15, -0.1) is 0 Å². The van der Waals surface area contributed by atoms with Crippen molar-refractivity contribution < 1.29 is 19.1 Å². The van der Waals surface area contributed by atoms with E-state index >= 15 is 0 Å². The molecule has 0 bridgehead atoms. The molecule has 4 N–H and O–H groups in total. The van der Waals surface area contributed by atoms with Gasteiger partial charge in [0.05, 0.1) is 12.5 Å². The smallest absolute Gasteiger partial charge is 0.312 e. The van der Waals surface area contributed by atoms with Crippen LogP contribution in [0.25, 0.3) is 0 Å². The van der Waals surface area contributed by atoms with E-state index < -0.39 is 18.0 Å². The molecular formula is C17H24ClN3O4. The first kappa shape index (κ1) is 20.8. The molecule has 0 aromatic heterocycles. The highest BCUT2D eigenvalue weighted by molar-refractivity contribution is 6.30. The van der Waals surface area contributed by atoms with E-state index in [1.165, 1.54) is 0 Å². The number of rotatable bonds is 9. The first-order chi connectivity index (χ1) is 11.8. The van der Waals surface area contributed by atoms with Crippen LogP contribution in [0.5, 0.6) is 0 Å². The summed E-state index contributed by atoms with van der Waals surface area (Å²) in [4.78, 5) is 34.7. The van der Waals surface area contributed by atoms with Crippen molar-refractivity contribution >= 4 is 29.5 Å². The third-order valence-electron chi connectivity index (χ3n) is 3.37. The summed E-state index contributed by atoms with van der Waals surface area (Å²) in [5.41, 5.74) is 5.80. The Hall–Kier alpha value is -2.28. The molecule has 138 valence electrons. The Morgan fingerprint density at radius 1 is 1.20 bits per heavy atom. The molecule has 1 rings (SSSR count). The van der Waals surface area contributed by atoms with Gasteiger partial charge in [-0.1, -0.05) is 37.6 Å². The molecule has 0 aliphatic heterocycles. The van der Waals surface area contributed by atoms with E-state index in [2.05, 4.69) is 24.5 Å². The third-order valence-corrected chi connectivity index (χ3v) is 3.62. The molecule has 3 amide bonds. The van der Waals surface area contributed by atoms with E-state index in [0.717, 1.165) is 6.42 Å². The number of esters is 1. The summed E-state index contributed by atoms with van der Waals surface area (Å²) in [6, 6.07) is 5.20. The maximum atomic E-state index is 11.9. The van der Waals surface area contributed by atoms with Crippen molar-refractivity contribution in [1.82, 2.24) is 10.6 Å². The van der Waals surface area contributed by atoms with Crippen LogP contribution in [0.3, 0.4) is 0 Å². The van der Waals surface area contributed by atoms with Crippen LogP contribution >= 0.6 is 11.6 Å². The standard InChI is InChI=1S/C17H24ClN3O4/c1-11(2)7-8-20-15(22)10-25-16(23)9-14(21-17(19)24)12-3-5-13(18)6-4-12/h3-6,11,14H,7-10H2,1-2H3,(H,20,22)(H3,19,21,24)/t14-/m1/s1. The Labute approximate surface area is 152 Å². The van der Waals surface area contributed by atoms with Gasteiger partial charge in [0, 0.05) is 11.6 Å². The Morgan fingerprint density at radius 2 is 1.84 bits per heavy atom. The summed E-state index contributed by atoms with van der Waals surface area (Å²) < 4.78 is 4.95. The number of hydrogen-bond donors (Lipinski definition) is 3. The van der Waals surface area contributed by atoms with Gasteiger partial charge in [0.15, 0.2) is 6.61 Å². The van der Waals surface area contributed by atoms with E-state index in [-0.39, 0.29) is 18.9 Å². The second-order valence-corrected chi connectivity index (χ2v) is 6.45. The number of urea groups is 1. The highest BCUT2D eigenvalue weighted by Gasteiger charge is 2.19. The number of carbonyl (C=O) groups is 3. The lowest BCUT2D eigenvalue weighted by atomic mass is 10.0. The normalized spacial score (nSPS) is 11.7. The number of halogens is 1. The molecule has 0 radical (unpaired) electrons. The molecule has 0 spiro atoms. The van der Waals surface area contributed by atoms with Crippen molar-refractivity contribution in [2.75, 3.05) is 13.2 Å². The van der Waals surface area contributed by atoms with Crippen LogP contribution in [0.2, 0.25) is 5.02 Å². The van der Waals surface area contributed by atoms with Crippen molar-refractivity contribution in [3.05, 3.63) is 34.9 Å². The Kier molecular flexibility index (Phi) is 8.77. The van der Waals surface area contributed by atoms with Gasteiger partial charge in [0.25, 0.3) is 5.91 Å². The zero-order valence-corrected chi connectivity index (χ0v) is 15.1. The minimum absolute atomic E-state index is 0.149. The molecule has 7 nitrogen and oxygen atoms in total. The minimum atomic E-state index is -0.765. The fourth-order valence-corrected chi connectivity index (χ4v) is 2.17. The summed E-state index contributed by atoms with van der Waals surface area (Å²) in [5.74, 6) is -0.504. The van der Waals surface area contributed by atoms with Gasteiger partial charge < -0.3 is 21.1 Å². The molecule has 0 saturated heterocycles. The largest absolute Gasteiger partial charge is 0.456 e. The quantitative estimate of drug-likeness (QED) is 0.579. The Balaban J connectivity index is 2.51. The molecule has 0 fully saturated rings. The number of benzene rings is 1. The molecule has 1 aromatic rings. The maximum Gasteiger partial charge on any atom is 0.312 e. The maximum absolute atomic E-state index is 11.9. The predicted octanol–water partition coefficient (Wildman–Crippen LogP) is 2.14. The van der Waals surface area contributed by atoms with Crippen LogP contribution in [-0.4, -0.2) is 31.1 Å². The molecule has 1 atom stereocenters. The number of nitrogens with two attached hydrogens (primary N) is 1. The van der Waals surface area contributed by atoms with E-state index in [9.17, 15) is 14.4 Å². The average molecular weight is 370 g/mol. The van der Waals surface area contributed by atoms with Gasteiger partial charge in [-0.2, -0.15) is 0 Å². The van der Waals surface area contributed by atoms with Crippen LogP contribution in [0.1, 0.15) is 38.3 Å². The zero-order valence-electron chi connectivity index (χ0n) is 14.4. The van der Waals surface area contributed by atoms with Crippen LogP contribution < -0.4 is 16.4 Å². The van der Waals surface area contributed by atoms with Gasteiger partial charge in [0.2, 0.25) is 0 Å². The second kappa shape index (κ2) is 10.6. The van der Waals surface area contributed by atoms with Crippen LogP contribution in [0.15, 0.2) is 24.3 Å². The van der Waals surface area contributed by atoms with Crippen LogP contribution in [-0.2, 0) is 14.3 Å². The number of hydrogen-bond acceptors (Lipinski definition) is 4. The molecule has 0 saturated carbocycles. The van der Waals surface area contributed by atoms with Crippen LogP contribution in [0.4, 0.5) is 4.79 Å². The van der Waals surface area contributed by atoms with E-state index in [1.54, 1.807) is 24.3 Å². The average Bonchev–Trinajstić information content (AvgIpc) is 2.52. The van der Waals surface area contributed by atoms with Crippen molar-refractivity contribution in [1.29, 1.82) is 0 Å². The molecule has 0 unspecified atom stereocenters. The van der Waals surface area contributed by atoms with Gasteiger partial charge >= 0.3 is 12.0 Å². The summed E-state index contributed by atoms with van der Waals surface area (Å²) in [6.45, 7) is 4.27. The van der Waals surface area contributed by atoms with Crippen molar-refractivity contribution in [2.45, 2.75) is 32.7 Å². The SMILES string of the molecule is CC(C)CCNC(=O)COC(=O)C[C@@H](NC(N)=O)c1ccc(Cl)cc1. The monoisotopic (exact) mass is 369 g/mol. The number of nitrogens with one attached hydrogen (secondary N) is 2. The first-order valence-electron chi connectivity index (χ1n) is 8.01. The molecule has 1 aromatic carbocycles. The van der Waals surface area contributed by atoms with Crippen molar-refractivity contribution in [3.63, 3.8) is 0 Å². The summed E-state index contributed by atoms with van der Waals surface area (Å²) in [7, 11) is 0. The lowest BCUT2D eigenvalue weighted by Gasteiger charge is -2.17. The number of primary amides is 1. The van der Waals surface area contributed by atoms with E-state index in [1.807, 2.05) is 0 Å².